The molecule has 1 unspecified atom stereocenters. The third-order valence-electron chi connectivity index (χ3n) is 4.73. The number of esters is 1. The lowest BCUT2D eigenvalue weighted by Crippen LogP contribution is -2.25. The van der Waals surface area contributed by atoms with Gasteiger partial charge in [0.2, 0.25) is 5.88 Å². The van der Waals surface area contributed by atoms with E-state index in [-0.39, 0.29) is 18.1 Å². The number of rotatable bonds is 4. The molecule has 0 spiro atoms. The Morgan fingerprint density at radius 2 is 1.68 bits per heavy atom. The molecule has 1 aliphatic heterocycles. The van der Waals surface area contributed by atoms with Gasteiger partial charge in [0.25, 0.3) is 0 Å². The summed E-state index contributed by atoms with van der Waals surface area (Å²) in [5.41, 5.74) is 10.5. The number of allylic oxidation sites excluding steroid dienone is 2. The van der Waals surface area contributed by atoms with E-state index in [9.17, 15) is 10.1 Å². The van der Waals surface area contributed by atoms with Crippen molar-refractivity contribution in [1.29, 1.82) is 5.26 Å². The van der Waals surface area contributed by atoms with Crippen LogP contribution in [0.4, 0.5) is 0 Å². The summed E-state index contributed by atoms with van der Waals surface area (Å²) in [5, 5.41) is 9.62. The molecular weight excluding hydrogens is 352 g/mol. The first-order valence-corrected chi connectivity index (χ1v) is 9.08. The summed E-state index contributed by atoms with van der Waals surface area (Å²) in [4.78, 5) is 12.5. The van der Waals surface area contributed by atoms with Crippen LogP contribution in [-0.2, 0) is 14.3 Å². The molecule has 0 radical (unpaired) electrons. The quantitative estimate of drug-likeness (QED) is 0.806. The second-order valence-corrected chi connectivity index (χ2v) is 6.60. The summed E-state index contributed by atoms with van der Waals surface area (Å²) < 4.78 is 10.6. The highest BCUT2D eigenvalue weighted by atomic mass is 16.5. The van der Waals surface area contributed by atoms with E-state index in [1.54, 1.807) is 13.8 Å². The highest BCUT2D eigenvalue weighted by Gasteiger charge is 2.36. The van der Waals surface area contributed by atoms with Crippen molar-refractivity contribution in [1.82, 2.24) is 0 Å². The Balaban J connectivity index is 2.04. The van der Waals surface area contributed by atoms with Gasteiger partial charge in [-0.3, -0.25) is 0 Å². The third kappa shape index (κ3) is 3.63. The van der Waals surface area contributed by atoms with Crippen LogP contribution in [0.3, 0.4) is 0 Å². The lowest BCUT2D eigenvalue weighted by molar-refractivity contribution is -0.139. The highest BCUT2D eigenvalue weighted by molar-refractivity contribution is 5.92. The molecule has 2 aromatic rings. The number of benzene rings is 2. The summed E-state index contributed by atoms with van der Waals surface area (Å²) in [5.74, 6) is -0.763. The fourth-order valence-electron chi connectivity index (χ4n) is 3.30. The normalized spacial score (nSPS) is 16.4. The van der Waals surface area contributed by atoms with Gasteiger partial charge in [-0.25, -0.2) is 4.79 Å². The Kier molecular flexibility index (Phi) is 5.51. The minimum atomic E-state index is -0.620. The van der Waals surface area contributed by atoms with Crippen molar-refractivity contribution in [3.63, 3.8) is 0 Å². The molecule has 0 fully saturated rings. The Bertz CT molecular complexity index is 994. The standard InChI is InChI=1S/C23H22N2O3/c1-4-27-23(26)20-15(3)28-22(25)19(13-24)21(20)18-11-9-17(10-12-18)16-7-5-14(2)6-8-16/h5-12,21H,4,25H2,1-3H3. The van der Waals surface area contributed by atoms with Gasteiger partial charge in [0.1, 0.15) is 17.4 Å². The van der Waals surface area contributed by atoms with E-state index >= 15 is 0 Å². The Hall–Kier alpha value is -3.52. The maximum atomic E-state index is 12.5. The van der Waals surface area contributed by atoms with Crippen LogP contribution < -0.4 is 5.73 Å². The molecule has 0 saturated carbocycles. The summed E-state index contributed by atoms with van der Waals surface area (Å²) in [7, 11) is 0. The molecule has 142 valence electrons. The van der Waals surface area contributed by atoms with Crippen LogP contribution in [0.1, 0.15) is 30.9 Å². The number of carbonyl (C=O) groups excluding carboxylic acids is 1. The first-order chi connectivity index (χ1) is 13.5. The lowest BCUT2D eigenvalue weighted by Gasteiger charge is -2.27. The van der Waals surface area contributed by atoms with E-state index < -0.39 is 11.9 Å². The van der Waals surface area contributed by atoms with Crippen LogP contribution >= 0.6 is 0 Å². The van der Waals surface area contributed by atoms with E-state index in [0.29, 0.717) is 11.3 Å². The molecule has 1 atom stereocenters. The Morgan fingerprint density at radius 1 is 1.11 bits per heavy atom. The average molecular weight is 374 g/mol. The number of nitrogens with two attached hydrogens (primary N) is 1. The zero-order valence-corrected chi connectivity index (χ0v) is 16.2. The molecule has 2 aromatic carbocycles. The first kappa shape index (κ1) is 19.2. The second kappa shape index (κ2) is 8.01. The Morgan fingerprint density at radius 3 is 2.21 bits per heavy atom. The second-order valence-electron chi connectivity index (χ2n) is 6.60. The fraction of sp³-hybridized carbons (Fsp3) is 0.217. The van der Waals surface area contributed by atoms with Crippen molar-refractivity contribution in [2.24, 2.45) is 5.73 Å². The SMILES string of the molecule is CCOC(=O)C1=C(C)OC(N)=C(C#N)C1c1ccc(-c2ccc(C)cc2)cc1. The van der Waals surface area contributed by atoms with Crippen LogP contribution in [0.25, 0.3) is 11.1 Å². The molecule has 0 bridgehead atoms. The topological polar surface area (TPSA) is 85.3 Å². The maximum Gasteiger partial charge on any atom is 0.338 e. The molecule has 5 heteroatoms. The number of hydrogen-bond donors (Lipinski definition) is 1. The summed E-state index contributed by atoms with van der Waals surface area (Å²) in [6, 6.07) is 18.1. The smallest absolute Gasteiger partial charge is 0.338 e. The molecular formula is C23H22N2O3. The Labute approximate surface area is 164 Å². The molecule has 28 heavy (non-hydrogen) atoms. The predicted octanol–water partition coefficient (Wildman–Crippen LogP) is 4.31. The largest absolute Gasteiger partial charge is 0.463 e. The number of aryl methyl sites for hydroxylation is 1. The number of hydrogen-bond acceptors (Lipinski definition) is 5. The molecule has 0 amide bonds. The number of nitrogens with zero attached hydrogens (tertiary/aromatic N) is 1. The van der Waals surface area contributed by atoms with Crippen molar-refractivity contribution in [2.75, 3.05) is 6.61 Å². The number of ether oxygens (including phenoxy) is 2. The van der Waals surface area contributed by atoms with Crippen molar-refractivity contribution >= 4 is 5.97 Å². The summed E-state index contributed by atoms with van der Waals surface area (Å²) >= 11 is 0. The maximum absolute atomic E-state index is 12.5. The van der Waals surface area contributed by atoms with Gasteiger partial charge in [-0.1, -0.05) is 54.1 Å². The zero-order chi connectivity index (χ0) is 20.3. The molecule has 2 N–H and O–H groups in total. The van der Waals surface area contributed by atoms with Crippen LogP contribution in [-0.4, -0.2) is 12.6 Å². The van der Waals surface area contributed by atoms with Crippen LogP contribution in [0.2, 0.25) is 0 Å². The number of nitriles is 1. The number of carbonyl (C=O) groups is 1. The van der Waals surface area contributed by atoms with Gasteiger partial charge in [-0.05, 0) is 37.5 Å². The molecule has 0 saturated heterocycles. The molecule has 0 aromatic heterocycles. The van der Waals surface area contributed by atoms with Gasteiger partial charge in [-0.15, -0.1) is 0 Å². The summed E-state index contributed by atoms with van der Waals surface area (Å²) in [6.07, 6.45) is 0. The van der Waals surface area contributed by atoms with Crippen LogP contribution in [0.5, 0.6) is 0 Å². The predicted molar refractivity (Wildman–Crippen MR) is 107 cm³/mol. The van der Waals surface area contributed by atoms with Crippen molar-refractivity contribution < 1.29 is 14.3 Å². The first-order valence-electron chi connectivity index (χ1n) is 9.08. The zero-order valence-electron chi connectivity index (χ0n) is 16.2. The van der Waals surface area contributed by atoms with Gasteiger partial charge in [0, 0.05) is 0 Å². The monoisotopic (exact) mass is 374 g/mol. The van der Waals surface area contributed by atoms with E-state index in [1.807, 2.05) is 31.2 Å². The van der Waals surface area contributed by atoms with Crippen molar-refractivity contribution in [3.8, 4) is 17.2 Å². The van der Waals surface area contributed by atoms with E-state index in [0.717, 1.165) is 16.7 Å². The summed E-state index contributed by atoms with van der Waals surface area (Å²) in [6.45, 7) is 5.67. The molecule has 0 aliphatic carbocycles. The highest BCUT2D eigenvalue weighted by Crippen LogP contribution is 2.40. The fourth-order valence-corrected chi connectivity index (χ4v) is 3.30. The molecule has 5 nitrogen and oxygen atoms in total. The van der Waals surface area contributed by atoms with E-state index in [4.69, 9.17) is 15.2 Å². The third-order valence-corrected chi connectivity index (χ3v) is 4.73. The van der Waals surface area contributed by atoms with Gasteiger partial charge in [0.15, 0.2) is 0 Å². The molecule has 1 heterocycles. The van der Waals surface area contributed by atoms with Crippen LogP contribution in [0.15, 0.2) is 71.3 Å². The average Bonchev–Trinajstić information content (AvgIpc) is 2.68. The van der Waals surface area contributed by atoms with Gasteiger partial charge >= 0.3 is 5.97 Å². The van der Waals surface area contributed by atoms with E-state index in [1.165, 1.54) is 5.56 Å². The molecule has 1 aliphatic rings. The van der Waals surface area contributed by atoms with Crippen LogP contribution in [0, 0.1) is 18.3 Å². The van der Waals surface area contributed by atoms with E-state index in [2.05, 4.69) is 30.3 Å². The minimum absolute atomic E-state index is 0.0145. The van der Waals surface area contributed by atoms with Crippen molar-refractivity contribution in [3.05, 3.63) is 82.4 Å². The van der Waals surface area contributed by atoms with Gasteiger partial charge in [0.05, 0.1) is 18.1 Å². The van der Waals surface area contributed by atoms with Gasteiger partial charge < -0.3 is 15.2 Å². The van der Waals surface area contributed by atoms with Gasteiger partial charge in [-0.2, -0.15) is 5.26 Å². The molecule has 3 rings (SSSR count). The van der Waals surface area contributed by atoms with Crippen molar-refractivity contribution in [2.45, 2.75) is 26.7 Å². The lowest BCUT2D eigenvalue weighted by atomic mass is 9.82. The minimum Gasteiger partial charge on any atom is -0.463 e.